The van der Waals surface area contributed by atoms with Crippen LogP contribution in [-0.4, -0.2) is 10.9 Å². The van der Waals surface area contributed by atoms with Crippen LogP contribution in [0.1, 0.15) is 16.2 Å². The molecule has 1 N–H and O–H groups in total. The van der Waals surface area contributed by atoms with Crippen LogP contribution in [0.3, 0.4) is 0 Å². The van der Waals surface area contributed by atoms with Crippen LogP contribution in [0, 0.1) is 6.92 Å². The zero-order valence-electron chi connectivity index (χ0n) is 11.4. The minimum Gasteiger partial charge on any atom is -0.440 e. The van der Waals surface area contributed by atoms with Gasteiger partial charge in [0.05, 0.1) is 15.6 Å². The first kappa shape index (κ1) is 15.1. The maximum absolute atomic E-state index is 12.3. The van der Waals surface area contributed by atoms with Gasteiger partial charge in [0, 0.05) is 5.02 Å². The van der Waals surface area contributed by atoms with E-state index in [2.05, 4.69) is 10.3 Å². The van der Waals surface area contributed by atoms with Crippen LogP contribution < -0.4 is 5.32 Å². The summed E-state index contributed by atoms with van der Waals surface area (Å²) in [6.45, 7) is 1.70. The molecule has 0 aliphatic rings. The molecule has 22 heavy (non-hydrogen) atoms. The fourth-order valence-corrected chi connectivity index (χ4v) is 2.99. The fraction of sp³-hybridized carbons (Fsp3) is 0.0667. The molecule has 0 fully saturated rings. The Labute approximate surface area is 140 Å². The van der Waals surface area contributed by atoms with Crippen molar-refractivity contribution in [2.75, 3.05) is 5.32 Å². The highest BCUT2D eigenvalue weighted by Gasteiger charge is 2.19. The van der Waals surface area contributed by atoms with Gasteiger partial charge in [0.1, 0.15) is 5.76 Å². The number of aromatic nitrogens is 1. The molecule has 0 unspecified atom stereocenters. The molecule has 4 nitrogen and oxygen atoms in total. The molecule has 1 amide bonds. The van der Waals surface area contributed by atoms with Crippen molar-refractivity contribution in [1.29, 1.82) is 0 Å². The van der Waals surface area contributed by atoms with E-state index in [0.29, 0.717) is 27.4 Å². The van der Waals surface area contributed by atoms with E-state index in [1.54, 1.807) is 25.1 Å². The SMILES string of the molecule is Cc1oc(-c2cccs2)nc1C(=O)Nc1ccc(Cl)cc1Cl. The lowest BCUT2D eigenvalue weighted by Crippen LogP contribution is -2.13. The highest BCUT2D eigenvalue weighted by atomic mass is 35.5. The second kappa shape index (κ2) is 6.12. The summed E-state index contributed by atoms with van der Waals surface area (Å²) in [5.74, 6) is 0.499. The number of benzene rings is 1. The van der Waals surface area contributed by atoms with E-state index < -0.39 is 0 Å². The maximum Gasteiger partial charge on any atom is 0.277 e. The molecule has 0 saturated heterocycles. The number of nitrogens with zero attached hydrogens (tertiary/aromatic N) is 1. The van der Waals surface area contributed by atoms with Gasteiger partial charge in [0.2, 0.25) is 5.89 Å². The van der Waals surface area contributed by atoms with Gasteiger partial charge < -0.3 is 9.73 Å². The van der Waals surface area contributed by atoms with Crippen molar-refractivity contribution >= 4 is 46.1 Å². The zero-order valence-corrected chi connectivity index (χ0v) is 13.7. The van der Waals surface area contributed by atoms with Crippen LogP contribution in [-0.2, 0) is 0 Å². The maximum atomic E-state index is 12.3. The molecule has 0 spiro atoms. The number of anilines is 1. The Morgan fingerprint density at radius 1 is 1.32 bits per heavy atom. The van der Waals surface area contributed by atoms with Gasteiger partial charge in [-0.2, -0.15) is 0 Å². The number of carbonyl (C=O) groups excluding carboxylic acids is 1. The van der Waals surface area contributed by atoms with Gasteiger partial charge >= 0.3 is 0 Å². The second-order valence-corrected chi connectivity index (χ2v) is 6.27. The first-order valence-corrected chi connectivity index (χ1v) is 7.96. The third-order valence-corrected chi connectivity index (χ3v) is 4.33. The summed E-state index contributed by atoms with van der Waals surface area (Å²) in [4.78, 5) is 17.5. The Hall–Kier alpha value is -1.82. The summed E-state index contributed by atoms with van der Waals surface area (Å²) < 4.78 is 5.55. The summed E-state index contributed by atoms with van der Waals surface area (Å²) >= 11 is 13.4. The molecule has 112 valence electrons. The molecule has 2 heterocycles. The molecule has 7 heteroatoms. The van der Waals surface area contributed by atoms with Crippen LogP contribution in [0.5, 0.6) is 0 Å². The van der Waals surface area contributed by atoms with Crippen LogP contribution in [0.2, 0.25) is 10.0 Å². The van der Waals surface area contributed by atoms with E-state index >= 15 is 0 Å². The Morgan fingerprint density at radius 3 is 2.82 bits per heavy atom. The molecule has 0 bridgehead atoms. The van der Waals surface area contributed by atoms with Crippen molar-refractivity contribution < 1.29 is 9.21 Å². The predicted molar refractivity (Wildman–Crippen MR) is 89.0 cm³/mol. The predicted octanol–water partition coefficient (Wildman–Crippen LogP) is 5.27. The van der Waals surface area contributed by atoms with Crippen LogP contribution in [0.15, 0.2) is 40.1 Å². The lowest BCUT2D eigenvalue weighted by Gasteiger charge is -2.05. The molecule has 2 aromatic heterocycles. The third-order valence-electron chi connectivity index (χ3n) is 2.92. The van der Waals surface area contributed by atoms with Gasteiger partial charge in [-0.25, -0.2) is 4.98 Å². The average molecular weight is 353 g/mol. The Balaban J connectivity index is 1.86. The summed E-state index contributed by atoms with van der Waals surface area (Å²) in [5, 5.41) is 5.49. The van der Waals surface area contributed by atoms with Gasteiger partial charge in [-0.15, -0.1) is 11.3 Å². The van der Waals surface area contributed by atoms with Crippen LogP contribution in [0.25, 0.3) is 10.8 Å². The number of rotatable bonds is 3. The van der Waals surface area contributed by atoms with Crippen molar-refractivity contribution in [3.05, 3.63) is 57.2 Å². The molecule has 1 aromatic carbocycles. The van der Waals surface area contributed by atoms with Crippen molar-refractivity contribution in [3.8, 4) is 10.8 Å². The molecule has 0 atom stereocenters. The standard InChI is InChI=1S/C15H10Cl2N2O2S/c1-8-13(19-15(21-8)12-3-2-6-22-12)14(20)18-11-5-4-9(16)7-10(11)17/h2-7H,1H3,(H,18,20). The first-order valence-electron chi connectivity index (χ1n) is 6.32. The molecule has 3 rings (SSSR count). The summed E-state index contributed by atoms with van der Waals surface area (Å²) in [5.41, 5.74) is 0.700. The molecule has 0 radical (unpaired) electrons. The molecule has 0 saturated carbocycles. The number of hydrogen-bond acceptors (Lipinski definition) is 4. The highest BCUT2D eigenvalue weighted by Crippen LogP contribution is 2.28. The Kier molecular flexibility index (Phi) is 4.20. The number of amides is 1. The van der Waals surface area contributed by atoms with E-state index in [9.17, 15) is 4.79 Å². The van der Waals surface area contributed by atoms with E-state index in [0.717, 1.165) is 4.88 Å². The van der Waals surface area contributed by atoms with Gasteiger partial charge in [0.15, 0.2) is 5.69 Å². The van der Waals surface area contributed by atoms with Crippen molar-refractivity contribution in [2.24, 2.45) is 0 Å². The van der Waals surface area contributed by atoms with Crippen LogP contribution >= 0.6 is 34.5 Å². The van der Waals surface area contributed by atoms with Gasteiger partial charge in [-0.1, -0.05) is 29.3 Å². The number of carbonyl (C=O) groups is 1. The van der Waals surface area contributed by atoms with Crippen molar-refractivity contribution in [1.82, 2.24) is 4.98 Å². The number of oxazole rings is 1. The number of nitrogens with one attached hydrogen (secondary N) is 1. The minimum atomic E-state index is -0.381. The zero-order chi connectivity index (χ0) is 15.7. The highest BCUT2D eigenvalue weighted by molar-refractivity contribution is 7.13. The Bertz CT molecular complexity index is 828. The molecular formula is C15H10Cl2N2O2S. The smallest absolute Gasteiger partial charge is 0.277 e. The van der Waals surface area contributed by atoms with Crippen LogP contribution in [0.4, 0.5) is 5.69 Å². The summed E-state index contributed by atoms with van der Waals surface area (Å²) in [6, 6.07) is 8.62. The van der Waals surface area contributed by atoms with E-state index in [1.165, 1.54) is 11.3 Å². The van der Waals surface area contributed by atoms with E-state index in [4.69, 9.17) is 27.6 Å². The fourth-order valence-electron chi connectivity index (χ4n) is 1.89. The van der Waals surface area contributed by atoms with Crippen molar-refractivity contribution in [3.63, 3.8) is 0 Å². The topological polar surface area (TPSA) is 55.1 Å². The minimum absolute atomic E-state index is 0.231. The second-order valence-electron chi connectivity index (χ2n) is 4.48. The summed E-state index contributed by atoms with van der Waals surface area (Å²) in [6.07, 6.45) is 0. The molecule has 0 aliphatic heterocycles. The number of hydrogen-bond donors (Lipinski definition) is 1. The number of aryl methyl sites for hydroxylation is 1. The molecule has 0 aliphatic carbocycles. The lowest BCUT2D eigenvalue weighted by atomic mass is 10.3. The van der Waals surface area contributed by atoms with Gasteiger partial charge in [0.25, 0.3) is 5.91 Å². The van der Waals surface area contributed by atoms with Gasteiger partial charge in [-0.3, -0.25) is 4.79 Å². The van der Waals surface area contributed by atoms with Gasteiger partial charge in [-0.05, 0) is 36.6 Å². The van der Waals surface area contributed by atoms with Crippen molar-refractivity contribution in [2.45, 2.75) is 6.92 Å². The number of thiophene rings is 1. The first-order chi connectivity index (χ1) is 10.5. The molecular weight excluding hydrogens is 343 g/mol. The Morgan fingerprint density at radius 2 is 2.14 bits per heavy atom. The third kappa shape index (κ3) is 3.02. The monoisotopic (exact) mass is 352 g/mol. The lowest BCUT2D eigenvalue weighted by molar-refractivity contribution is 0.102. The summed E-state index contributed by atoms with van der Waals surface area (Å²) in [7, 11) is 0. The normalized spacial score (nSPS) is 10.7. The van der Waals surface area contributed by atoms with E-state index in [1.807, 2.05) is 17.5 Å². The number of halogens is 2. The average Bonchev–Trinajstić information content (AvgIpc) is 3.10. The van der Waals surface area contributed by atoms with E-state index in [-0.39, 0.29) is 11.6 Å². The molecule has 3 aromatic rings. The largest absolute Gasteiger partial charge is 0.440 e. The quantitative estimate of drug-likeness (QED) is 0.698.